The van der Waals surface area contributed by atoms with Gasteiger partial charge < -0.3 is 4.57 Å². The molecule has 2 nitrogen and oxygen atoms in total. The van der Waals surface area contributed by atoms with Gasteiger partial charge >= 0.3 is 0 Å². The Hall–Kier alpha value is -5.51. The monoisotopic (exact) mass is 578 g/mol. The van der Waals surface area contributed by atoms with E-state index < -0.39 is 0 Å². The van der Waals surface area contributed by atoms with Gasteiger partial charge in [0.15, 0.2) is 0 Å². The number of para-hydroxylation sites is 2. The fourth-order valence-corrected chi connectivity index (χ4v) is 7.58. The van der Waals surface area contributed by atoms with E-state index in [0.29, 0.717) is 0 Å². The molecule has 44 heavy (non-hydrogen) atoms. The second-order valence-corrected chi connectivity index (χ2v) is 12.3. The number of pyridine rings is 1. The van der Waals surface area contributed by atoms with Crippen LogP contribution in [0.3, 0.4) is 0 Å². The lowest BCUT2D eigenvalue weighted by Crippen LogP contribution is -1.94. The minimum Gasteiger partial charge on any atom is -0.309 e. The molecular formula is C41H26N2S. The first-order valence-corrected chi connectivity index (χ1v) is 15.7. The number of aromatic nitrogens is 2. The van der Waals surface area contributed by atoms with Crippen LogP contribution in [-0.4, -0.2) is 9.55 Å². The second kappa shape index (κ2) is 10.0. The summed E-state index contributed by atoms with van der Waals surface area (Å²) in [6.07, 6.45) is 0. The maximum atomic E-state index is 5.20. The molecule has 206 valence electrons. The number of rotatable bonds is 4. The first-order valence-electron chi connectivity index (χ1n) is 14.9. The van der Waals surface area contributed by atoms with Gasteiger partial charge in [-0.2, -0.15) is 0 Å². The zero-order valence-electron chi connectivity index (χ0n) is 23.8. The zero-order valence-corrected chi connectivity index (χ0v) is 24.6. The van der Waals surface area contributed by atoms with Crippen molar-refractivity contribution in [2.45, 2.75) is 0 Å². The van der Waals surface area contributed by atoms with Gasteiger partial charge in [0.2, 0.25) is 0 Å². The third-order valence-corrected chi connectivity index (χ3v) is 9.76. The van der Waals surface area contributed by atoms with Gasteiger partial charge in [-0.3, -0.25) is 0 Å². The Bertz CT molecular complexity index is 2430. The predicted molar refractivity (Wildman–Crippen MR) is 188 cm³/mol. The van der Waals surface area contributed by atoms with Crippen molar-refractivity contribution >= 4 is 53.3 Å². The third kappa shape index (κ3) is 4.05. The fourth-order valence-electron chi connectivity index (χ4n) is 6.49. The summed E-state index contributed by atoms with van der Waals surface area (Å²) in [4.78, 5) is 5.20. The molecule has 6 aromatic carbocycles. The molecule has 0 fully saturated rings. The molecule has 0 N–H and O–H groups in total. The van der Waals surface area contributed by atoms with Crippen molar-refractivity contribution in [3.8, 4) is 39.3 Å². The molecule has 9 aromatic rings. The van der Waals surface area contributed by atoms with Gasteiger partial charge in [0.25, 0.3) is 0 Å². The van der Waals surface area contributed by atoms with Crippen LogP contribution < -0.4 is 0 Å². The molecule has 0 aliphatic heterocycles. The van der Waals surface area contributed by atoms with Crippen LogP contribution >= 0.6 is 11.3 Å². The Labute approximate surface area is 259 Å². The minimum atomic E-state index is 0.972. The highest BCUT2D eigenvalue weighted by Gasteiger charge is 2.14. The van der Waals surface area contributed by atoms with E-state index in [1.54, 1.807) is 0 Å². The summed E-state index contributed by atoms with van der Waals surface area (Å²) in [7, 11) is 0. The van der Waals surface area contributed by atoms with Crippen LogP contribution in [0.1, 0.15) is 0 Å². The molecule has 3 heterocycles. The average Bonchev–Trinajstić information content (AvgIpc) is 3.64. The minimum absolute atomic E-state index is 0.972. The Morgan fingerprint density at radius 2 is 0.955 bits per heavy atom. The van der Waals surface area contributed by atoms with Gasteiger partial charge in [-0.05, 0) is 65.7 Å². The lowest BCUT2D eigenvalue weighted by atomic mass is 9.99. The van der Waals surface area contributed by atoms with Gasteiger partial charge in [-0.25, -0.2) is 4.98 Å². The predicted octanol–water partition coefficient (Wildman–Crippen LogP) is 11.5. The normalized spacial score (nSPS) is 11.6. The number of benzene rings is 6. The SMILES string of the molecule is c1ccc(-c2cc(-c3ccc(-n4c5ccccc5c5ccccc54)cc3)cc(-c3ccc4sc5ccccc5c4c3)n2)cc1. The highest BCUT2D eigenvalue weighted by molar-refractivity contribution is 7.25. The first kappa shape index (κ1) is 25.0. The van der Waals surface area contributed by atoms with Crippen molar-refractivity contribution in [2.24, 2.45) is 0 Å². The number of fused-ring (bicyclic) bond motifs is 6. The van der Waals surface area contributed by atoms with E-state index in [9.17, 15) is 0 Å². The van der Waals surface area contributed by atoms with Crippen LogP contribution in [0.4, 0.5) is 0 Å². The molecule has 9 rings (SSSR count). The summed E-state index contributed by atoms with van der Waals surface area (Å²) in [5.74, 6) is 0. The molecule has 0 saturated heterocycles. The molecule has 0 radical (unpaired) electrons. The van der Waals surface area contributed by atoms with Crippen LogP contribution in [0.25, 0.3) is 81.3 Å². The number of hydrogen-bond acceptors (Lipinski definition) is 2. The van der Waals surface area contributed by atoms with Crippen molar-refractivity contribution in [3.63, 3.8) is 0 Å². The Balaban J connectivity index is 1.19. The largest absolute Gasteiger partial charge is 0.309 e. The quantitative estimate of drug-likeness (QED) is 0.203. The van der Waals surface area contributed by atoms with Crippen LogP contribution in [0.2, 0.25) is 0 Å². The van der Waals surface area contributed by atoms with Crippen LogP contribution in [-0.2, 0) is 0 Å². The van der Waals surface area contributed by atoms with Crippen molar-refractivity contribution in [1.82, 2.24) is 9.55 Å². The summed E-state index contributed by atoms with van der Waals surface area (Å²) in [6, 6.07) is 56.6. The maximum absolute atomic E-state index is 5.20. The molecule has 0 bridgehead atoms. The standard InChI is InChI=1S/C41H26N2S/c1-2-10-28(11-3-1)36-25-30(26-37(42-36)29-20-23-41-35(24-29)34-14-6-9-17-40(34)44-41)27-18-21-31(22-19-27)43-38-15-7-4-12-32(38)33-13-5-8-16-39(33)43/h1-26H. The molecule has 0 aliphatic rings. The molecule has 0 unspecified atom stereocenters. The average molecular weight is 579 g/mol. The summed E-state index contributed by atoms with van der Waals surface area (Å²) in [5, 5.41) is 5.13. The molecule has 3 aromatic heterocycles. The zero-order chi connectivity index (χ0) is 29.0. The van der Waals surface area contributed by atoms with Crippen LogP contribution in [0.5, 0.6) is 0 Å². The lowest BCUT2D eigenvalue weighted by Gasteiger charge is -2.12. The van der Waals surface area contributed by atoms with Gasteiger partial charge in [0.1, 0.15) is 0 Å². The number of thiophene rings is 1. The van der Waals surface area contributed by atoms with E-state index in [1.807, 2.05) is 11.3 Å². The van der Waals surface area contributed by atoms with E-state index in [1.165, 1.54) is 42.0 Å². The van der Waals surface area contributed by atoms with Gasteiger partial charge in [0, 0.05) is 47.8 Å². The van der Waals surface area contributed by atoms with Crippen molar-refractivity contribution in [1.29, 1.82) is 0 Å². The molecule has 0 aliphatic carbocycles. The number of hydrogen-bond donors (Lipinski definition) is 0. The molecule has 0 saturated carbocycles. The molecular weight excluding hydrogens is 553 g/mol. The van der Waals surface area contributed by atoms with E-state index in [-0.39, 0.29) is 0 Å². The maximum Gasteiger partial charge on any atom is 0.0715 e. The van der Waals surface area contributed by atoms with Crippen molar-refractivity contribution in [2.75, 3.05) is 0 Å². The third-order valence-electron chi connectivity index (χ3n) is 8.61. The summed E-state index contributed by atoms with van der Waals surface area (Å²) < 4.78 is 4.98. The van der Waals surface area contributed by atoms with E-state index in [4.69, 9.17) is 4.98 Å². The summed E-state index contributed by atoms with van der Waals surface area (Å²) in [5.41, 5.74) is 10.1. The van der Waals surface area contributed by atoms with Gasteiger partial charge in [-0.1, -0.05) is 103 Å². The molecule has 0 spiro atoms. The highest BCUT2D eigenvalue weighted by atomic mass is 32.1. The van der Waals surface area contributed by atoms with Crippen molar-refractivity contribution < 1.29 is 0 Å². The van der Waals surface area contributed by atoms with E-state index in [0.717, 1.165) is 39.3 Å². The summed E-state index contributed by atoms with van der Waals surface area (Å²) >= 11 is 1.84. The second-order valence-electron chi connectivity index (χ2n) is 11.2. The lowest BCUT2D eigenvalue weighted by molar-refractivity contribution is 1.18. The smallest absolute Gasteiger partial charge is 0.0715 e. The highest BCUT2D eigenvalue weighted by Crippen LogP contribution is 2.38. The van der Waals surface area contributed by atoms with Crippen LogP contribution in [0, 0.1) is 0 Å². The Kier molecular flexibility index (Phi) is 5.71. The Morgan fingerprint density at radius 1 is 0.386 bits per heavy atom. The van der Waals surface area contributed by atoms with Crippen LogP contribution in [0.15, 0.2) is 158 Å². The Morgan fingerprint density at radius 3 is 1.68 bits per heavy atom. The van der Waals surface area contributed by atoms with E-state index >= 15 is 0 Å². The molecule has 3 heteroatoms. The van der Waals surface area contributed by atoms with Crippen molar-refractivity contribution in [3.05, 3.63) is 158 Å². The van der Waals surface area contributed by atoms with Gasteiger partial charge in [-0.15, -0.1) is 11.3 Å². The fraction of sp³-hybridized carbons (Fsp3) is 0. The molecule has 0 atom stereocenters. The van der Waals surface area contributed by atoms with E-state index in [2.05, 4.69) is 162 Å². The topological polar surface area (TPSA) is 17.8 Å². The summed E-state index contributed by atoms with van der Waals surface area (Å²) in [6.45, 7) is 0. The van der Waals surface area contributed by atoms with Gasteiger partial charge in [0.05, 0.1) is 22.4 Å². The number of nitrogens with zero attached hydrogens (tertiary/aromatic N) is 2. The molecule has 0 amide bonds. The first-order chi connectivity index (χ1) is 21.8.